The summed E-state index contributed by atoms with van der Waals surface area (Å²) >= 11 is 0. The molecule has 0 aliphatic carbocycles. The first-order chi connectivity index (χ1) is 10.2. The van der Waals surface area contributed by atoms with Crippen LogP contribution in [0.3, 0.4) is 0 Å². The monoisotopic (exact) mass is 290 g/mol. The third-order valence-corrected chi connectivity index (χ3v) is 4.14. The molecule has 2 aliphatic rings. The minimum absolute atomic E-state index is 0.186. The summed E-state index contributed by atoms with van der Waals surface area (Å²) in [5.74, 6) is 1.86. The highest BCUT2D eigenvalue weighted by atomic mass is 16.7. The van der Waals surface area contributed by atoms with Crippen molar-refractivity contribution in [2.45, 2.75) is 32.2 Å². The Morgan fingerprint density at radius 2 is 2.05 bits per heavy atom. The van der Waals surface area contributed by atoms with E-state index < -0.39 is 0 Å². The maximum Gasteiger partial charge on any atom is 0.231 e. The number of hydrogen-bond donors (Lipinski definition) is 1. The number of benzene rings is 1. The van der Waals surface area contributed by atoms with Crippen molar-refractivity contribution in [3.8, 4) is 11.5 Å². The van der Waals surface area contributed by atoms with Crippen LogP contribution in [0.2, 0.25) is 0 Å². The Morgan fingerprint density at radius 3 is 2.86 bits per heavy atom. The molecule has 3 rings (SSSR count). The minimum Gasteiger partial charge on any atom is -0.454 e. The molecule has 2 heterocycles. The first kappa shape index (κ1) is 14.2. The molecule has 114 valence electrons. The molecule has 5 heteroatoms. The van der Waals surface area contributed by atoms with E-state index in [0.717, 1.165) is 43.0 Å². The van der Waals surface area contributed by atoms with Gasteiger partial charge in [-0.3, -0.25) is 4.79 Å². The molecule has 1 atom stereocenters. The van der Waals surface area contributed by atoms with Crippen LogP contribution >= 0.6 is 0 Å². The summed E-state index contributed by atoms with van der Waals surface area (Å²) in [5, 5.41) is 3.40. The number of fused-ring (bicyclic) bond motifs is 1. The van der Waals surface area contributed by atoms with Gasteiger partial charge in [0.1, 0.15) is 0 Å². The number of amides is 1. The van der Waals surface area contributed by atoms with E-state index in [1.165, 1.54) is 0 Å². The Labute approximate surface area is 125 Å². The third kappa shape index (κ3) is 3.29. The number of carbonyl (C=O) groups excluding carboxylic acids is 1. The van der Waals surface area contributed by atoms with Crippen LogP contribution in [0.4, 0.5) is 0 Å². The molecule has 0 aromatic heterocycles. The lowest BCUT2D eigenvalue weighted by atomic mass is 10.1. The second-order valence-electron chi connectivity index (χ2n) is 5.63. The number of ether oxygens (including phenoxy) is 2. The van der Waals surface area contributed by atoms with Crippen molar-refractivity contribution < 1.29 is 14.3 Å². The Kier molecular flexibility index (Phi) is 4.29. The van der Waals surface area contributed by atoms with E-state index in [4.69, 9.17) is 9.47 Å². The van der Waals surface area contributed by atoms with Crippen LogP contribution < -0.4 is 14.8 Å². The zero-order valence-electron chi connectivity index (χ0n) is 12.4. The summed E-state index contributed by atoms with van der Waals surface area (Å²) in [6.07, 6.45) is 2.86. The number of nitrogens with one attached hydrogen (secondary N) is 1. The van der Waals surface area contributed by atoms with E-state index in [2.05, 4.69) is 12.2 Å². The average molecular weight is 290 g/mol. The fourth-order valence-electron chi connectivity index (χ4n) is 2.82. The number of rotatable bonds is 5. The van der Waals surface area contributed by atoms with Gasteiger partial charge in [-0.05, 0) is 37.5 Å². The maximum atomic E-state index is 12.0. The predicted molar refractivity (Wildman–Crippen MR) is 79.4 cm³/mol. The van der Waals surface area contributed by atoms with Gasteiger partial charge in [0, 0.05) is 32.1 Å². The molecule has 5 nitrogen and oxygen atoms in total. The molecule has 2 aliphatic heterocycles. The Morgan fingerprint density at radius 1 is 1.29 bits per heavy atom. The smallest absolute Gasteiger partial charge is 0.231 e. The number of nitrogens with zero attached hydrogens (tertiary/aromatic N) is 1. The molecule has 0 spiro atoms. The van der Waals surface area contributed by atoms with E-state index in [0.29, 0.717) is 19.8 Å². The molecule has 1 amide bonds. The molecular weight excluding hydrogens is 268 g/mol. The Bertz CT molecular complexity index is 512. The van der Waals surface area contributed by atoms with Crippen molar-refractivity contribution in [1.82, 2.24) is 10.2 Å². The highest BCUT2D eigenvalue weighted by Crippen LogP contribution is 2.34. The molecule has 21 heavy (non-hydrogen) atoms. The molecule has 1 fully saturated rings. The van der Waals surface area contributed by atoms with Crippen LogP contribution in [0, 0.1) is 0 Å². The molecule has 1 N–H and O–H groups in total. The summed E-state index contributed by atoms with van der Waals surface area (Å²) < 4.78 is 10.7. The zero-order valence-corrected chi connectivity index (χ0v) is 12.4. The van der Waals surface area contributed by atoms with Gasteiger partial charge < -0.3 is 19.7 Å². The first-order valence-electron chi connectivity index (χ1n) is 7.65. The van der Waals surface area contributed by atoms with Gasteiger partial charge in [0.25, 0.3) is 0 Å². The van der Waals surface area contributed by atoms with E-state index in [9.17, 15) is 4.79 Å². The summed E-state index contributed by atoms with van der Waals surface area (Å²) in [6, 6.07) is 6.16. The van der Waals surface area contributed by atoms with Gasteiger partial charge in [0.15, 0.2) is 11.5 Å². The highest BCUT2D eigenvalue weighted by Gasteiger charge is 2.18. The SMILES string of the molecule is CC(NCCC(=O)N1CCCC1)c1ccc2c(c1)OCO2. The van der Waals surface area contributed by atoms with Crippen molar-refractivity contribution in [2.24, 2.45) is 0 Å². The normalized spacial score (nSPS) is 18.0. The lowest BCUT2D eigenvalue weighted by molar-refractivity contribution is -0.130. The zero-order chi connectivity index (χ0) is 14.7. The van der Waals surface area contributed by atoms with Gasteiger partial charge in [0.2, 0.25) is 12.7 Å². The Hall–Kier alpha value is -1.75. The van der Waals surface area contributed by atoms with Crippen LogP contribution in [0.15, 0.2) is 18.2 Å². The van der Waals surface area contributed by atoms with E-state index >= 15 is 0 Å². The Balaban J connectivity index is 1.47. The molecular formula is C16H22N2O3. The molecule has 0 bridgehead atoms. The number of likely N-dealkylation sites (tertiary alicyclic amines) is 1. The number of carbonyl (C=O) groups is 1. The fraction of sp³-hybridized carbons (Fsp3) is 0.562. The minimum atomic E-state index is 0.186. The largest absolute Gasteiger partial charge is 0.454 e. The van der Waals surface area contributed by atoms with Crippen molar-refractivity contribution in [3.05, 3.63) is 23.8 Å². The number of hydrogen-bond acceptors (Lipinski definition) is 4. The summed E-state index contributed by atoms with van der Waals surface area (Å²) in [6.45, 7) is 4.95. The van der Waals surface area contributed by atoms with Crippen molar-refractivity contribution in [2.75, 3.05) is 26.4 Å². The molecule has 1 saturated heterocycles. The lowest BCUT2D eigenvalue weighted by Gasteiger charge is -2.17. The summed E-state index contributed by atoms with van der Waals surface area (Å²) in [5.41, 5.74) is 1.15. The fourth-order valence-corrected chi connectivity index (χ4v) is 2.82. The van der Waals surface area contributed by atoms with Gasteiger partial charge in [-0.25, -0.2) is 0 Å². The van der Waals surface area contributed by atoms with Crippen LogP contribution in [-0.2, 0) is 4.79 Å². The molecule has 1 aromatic carbocycles. The van der Waals surface area contributed by atoms with Crippen molar-refractivity contribution in [3.63, 3.8) is 0 Å². The maximum absolute atomic E-state index is 12.0. The lowest BCUT2D eigenvalue weighted by Crippen LogP contribution is -2.31. The van der Waals surface area contributed by atoms with Gasteiger partial charge in [0.05, 0.1) is 0 Å². The average Bonchev–Trinajstić information content (AvgIpc) is 3.17. The topological polar surface area (TPSA) is 50.8 Å². The van der Waals surface area contributed by atoms with Gasteiger partial charge >= 0.3 is 0 Å². The summed E-state index contributed by atoms with van der Waals surface area (Å²) in [4.78, 5) is 13.9. The molecule has 1 aromatic rings. The predicted octanol–water partition coefficient (Wildman–Crippen LogP) is 2.08. The van der Waals surface area contributed by atoms with E-state index in [-0.39, 0.29) is 11.9 Å². The molecule has 1 unspecified atom stereocenters. The second kappa shape index (κ2) is 6.35. The van der Waals surface area contributed by atoms with E-state index in [1.807, 2.05) is 23.1 Å². The standard InChI is InChI=1S/C16H22N2O3/c1-12(13-4-5-14-15(10-13)21-11-20-14)17-7-6-16(19)18-8-2-3-9-18/h4-5,10,12,17H,2-3,6-9,11H2,1H3. The first-order valence-corrected chi connectivity index (χ1v) is 7.65. The van der Waals surface area contributed by atoms with Crippen LogP contribution in [0.5, 0.6) is 11.5 Å². The quantitative estimate of drug-likeness (QED) is 0.902. The molecule has 0 saturated carbocycles. The van der Waals surface area contributed by atoms with E-state index in [1.54, 1.807) is 0 Å². The van der Waals surface area contributed by atoms with Gasteiger partial charge in [-0.2, -0.15) is 0 Å². The van der Waals surface area contributed by atoms with Crippen LogP contribution in [0.1, 0.15) is 37.8 Å². The van der Waals surface area contributed by atoms with Gasteiger partial charge in [-0.15, -0.1) is 0 Å². The van der Waals surface area contributed by atoms with Gasteiger partial charge in [-0.1, -0.05) is 6.07 Å². The van der Waals surface area contributed by atoms with Crippen LogP contribution in [0.25, 0.3) is 0 Å². The summed E-state index contributed by atoms with van der Waals surface area (Å²) in [7, 11) is 0. The van der Waals surface area contributed by atoms with Crippen molar-refractivity contribution >= 4 is 5.91 Å². The third-order valence-electron chi connectivity index (χ3n) is 4.14. The second-order valence-corrected chi connectivity index (χ2v) is 5.63. The van der Waals surface area contributed by atoms with Crippen molar-refractivity contribution in [1.29, 1.82) is 0 Å². The molecule has 0 radical (unpaired) electrons. The van der Waals surface area contributed by atoms with Crippen LogP contribution in [-0.4, -0.2) is 37.2 Å². The highest BCUT2D eigenvalue weighted by molar-refractivity contribution is 5.76.